The summed E-state index contributed by atoms with van der Waals surface area (Å²) in [4.78, 5) is 24.5. The van der Waals surface area contributed by atoms with Crippen molar-refractivity contribution in [3.05, 3.63) is 35.4 Å². The molecule has 0 bridgehead atoms. The molecule has 0 fully saturated rings. The van der Waals surface area contributed by atoms with Crippen molar-refractivity contribution >= 4 is 23.6 Å². The second kappa shape index (κ2) is 8.72. The number of carbonyl (C=O) groups is 2. The van der Waals surface area contributed by atoms with Gasteiger partial charge in [0, 0.05) is 11.8 Å². The van der Waals surface area contributed by atoms with Crippen LogP contribution in [0.1, 0.15) is 31.4 Å². The molecule has 0 saturated heterocycles. The molecule has 0 heterocycles. The van der Waals surface area contributed by atoms with E-state index in [0.717, 1.165) is 12.2 Å². The molecule has 5 heteroatoms. The summed E-state index contributed by atoms with van der Waals surface area (Å²) in [7, 11) is 0. The number of carbonyl (C=O) groups excluding carboxylic acids is 1. The summed E-state index contributed by atoms with van der Waals surface area (Å²) in [6.45, 7) is 5.65. The van der Waals surface area contributed by atoms with Crippen molar-refractivity contribution in [2.75, 3.05) is 12.3 Å². The Morgan fingerprint density at radius 1 is 1.29 bits per heavy atom. The molecule has 0 aliphatic heterocycles. The van der Waals surface area contributed by atoms with Crippen LogP contribution in [0.4, 0.5) is 0 Å². The SMILES string of the molecule is CCC(C)N(CC(=O)O)C(=O)CSCc1ccc(C)cc1. The number of carboxylic acids is 1. The summed E-state index contributed by atoms with van der Waals surface area (Å²) in [5, 5.41) is 8.91. The minimum Gasteiger partial charge on any atom is -0.480 e. The van der Waals surface area contributed by atoms with Crippen LogP contribution < -0.4 is 0 Å². The Bertz CT molecular complexity index is 473. The molecule has 1 amide bonds. The van der Waals surface area contributed by atoms with Crippen LogP contribution in [0.3, 0.4) is 0 Å². The number of aryl methyl sites for hydroxylation is 1. The largest absolute Gasteiger partial charge is 0.480 e. The Morgan fingerprint density at radius 3 is 2.43 bits per heavy atom. The first-order chi connectivity index (χ1) is 9.93. The van der Waals surface area contributed by atoms with E-state index in [1.54, 1.807) is 0 Å². The van der Waals surface area contributed by atoms with E-state index in [2.05, 4.69) is 12.1 Å². The number of rotatable bonds is 8. The van der Waals surface area contributed by atoms with Crippen molar-refractivity contribution < 1.29 is 14.7 Å². The highest BCUT2D eigenvalue weighted by atomic mass is 32.2. The summed E-state index contributed by atoms with van der Waals surface area (Å²) in [5.41, 5.74) is 2.39. The van der Waals surface area contributed by atoms with Crippen molar-refractivity contribution in [3.8, 4) is 0 Å². The van der Waals surface area contributed by atoms with Gasteiger partial charge in [-0.2, -0.15) is 0 Å². The molecule has 0 aliphatic rings. The van der Waals surface area contributed by atoms with E-state index in [-0.39, 0.29) is 18.5 Å². The third-order valence-electron chi connectivity index (χ3n) is 3.36. The predicted octanol–water partition coefficient (Wildman–Crippen LogP) is 2.94. The highest BCUT2D eigenvalue weighted by molar-refractivity contribution is 7.99. The summed E-state index contributed by atoms with van der Waals surface area (Å²) >= 11 is 1.52. The van der Waals surface area contributed by atoms with Gasteiger partial charge in [0.2, 0.25) is 5.91 Å². The maximum absolute atomic E-state index is 12.2. The van der Waals surface area contributed by atoms with Crippen LogP contribution in [-0.2, 0) is 15.3 Å². The van der Waals surface area contributed by atoms with Crippen LogP contribution in [0, 0.1) is 6.92 Å². The summed E-state index contributed by atoms with van der Waals surface area (Å²) in [5.74, 6) is -0.00472. The van der Waals surface area contributed by atoms with Crippen LogP contribution in [0.2, 0.25) is 0 Å². The first-order valence-electron chi connectivity index (χ1n) is 7.08. The molecule has 1 aromatic carbocycles. The maximum Gasteiger partial charge on any atom is 0.323 e. The highest BCUT2D eigenvalue weighted by Gasteiger charge is 2.21. The van der Waals surface area contributed by atoms with Gasteiger partial charge in [-0.1, -0.05) is 36.8 Å². The number of nitrogens with zero attached hydrogens (tertiary/aromatic N) is 1. The van der Waals surface area contributed by atoms with Crippen LogP contribution in [-0.4, -0.2) is 40.2 Å². The molecule has 0 saturated carbocycles. The zero-order chi connectivity index (χ0) is 15.8. The van der Waals surface area contributed by atoms with Crippen LogP contribution >= 0.6 is 11.8 Å². The lowest BCUT2D eigenvalue weighted by Crippen LogP contribution is -2.42. The molecule has 1 unspecified atom stereocenters. The number of carboxylic acid groups (broad SMARTS) is 1. The van der Waals surface area contributed by atoms with Gasteiger partial charge in [-0.05, 0) is 25.8 Å². The molecule has 4 nitrogen and oxygen atoms in total. The summed E-state index contributed by atoms with van der Waals surface area (Å²) in [6, 6.07) is 8.15. The van der Waals surface area contributed by atoms with Crippen molar-refractivity contribution in [1.82, 2.24) is 4.90 Å². The van der Waals surface area contributed by atoms with E-state index in [0.29, 0.717) is 5.75 Å². The Kier molecular flexibility index (Phi) is 7.29. The van der Waals surface area contributed by atoms with Crippen LogP contribution in [0.25, 0.3) is 0 Å². The quantitative estimate of drug-likeness (QED) is 0.802. The predicted molar refractivity (Wildman–Crippen MR) is 86.4 cm³/mol. The third-order valence-corrected chi connectivity index (χ3v) is 4.35. The molecule has 0 aliphatic carbocycles. The number of hydrogen-bond acceptors (Lipinski definition) is 3. The van der Waals surface area contributed by atoms with Crippen molar-refractivity contribution in [1.29, 1.82) is 0 Å². The lowest BCUT2D eigenvalue weighted by atomic mass is 10.2. The fourth-order valence-electron chi connectivity index (χ4n) is 1.88. The number of thioether (sulfide) groups is 1. The lowest BCUT2D eigenvalue weighted by molar-refractivity contribution is -0.144. The topological polar surface area (TPSA) is 57.6 Å². The van der Waals surface area contributed by atoms with Gasteiger partial charge in [0.15, 0.2) is 0 Å². The monoisotopic (exact) mass is 309 g/mol. The van der Waals surface area contributed by atoms with Crippen LogP contribution in [0.15, 0.2) is 24.3 Å². The summed E-state index contributed by atoms with van der Waals surface area (Å²) < 4.78 is 0. The van der Waals surface area contributed by atoms with Gasteiger partial charge < -0.3 is 10.0 Å². The Labute approximate surface area is 130 Å². The zero-order valence-electron chi connectivity index (χ0n) is 12.8. The molecule has 0 radical (unpaired) electrons. The standard InChI is InChI=1S/C16H23NO3S/c1-4-13(3)17(9-16(19)20)15(18)11-21-10-14-7-5-12(2)6-8-14/h5-8,13H,4,9-11H2,1-3H3,(H,19,20). The maximum atomic E-state index is 12.2. The Morgan fingerprint density at radius 2 is 1.90 bits per heavy atom. The second-order valence-corrected chi connectivity index (χ2v) is 6.14. The zero-order valence-corrected chi connectivity index (χ0v) is 13.7. The van der Waals surface area contributed by atoms with Gasteiger partial charge in [-0.15, -0.1) is 11.8 Å². The van der Waals surface area contributed by atoms with E-state index in [1.165, 1.54) is 27.8 Å². The molecule has 0 aromatic heterocycles. The van der Waals surface area contributed by atoms with E-state index in [1.807, 2.05) is 32.9 Å². The fraction of sp³-hybridized carbons (Fsp3) is 0.500. The van der Waals surface area contributed by atoms with E-state index in [9.17, 15) is 9.59 Å². The summed E-state index contributed by atoms with van der Waals surface area (Å²) in [6.07, 6.45) is 0.752. The van der Waals surface area contributed by atoms with Gasteiger partial charge in [-0.25, -0.2) is 0 Å². The molecular weight excluding hydrogens is 286 g/mol. The van der Waals surface area contributed by atoms with Gasteiger partial charge in [0.05, 0.1) is 5.75 Å². The molecule has 21 heavy (non-hydrogen) atoms. The normalized spacial score (nSPS) is 12.0. The van der Waals surface area contributed by atoms with Crippen molar-refractivity contribution in [3.63, 3.8) is 0 Å². The minimum atomic E-state index is -0.966. The molecule has 1 N–H and O–H groups in total. The number of benzene rings is 1. The van der Waals surface area contributed by atoms with E-state index < -0.39 is 5.97 Å². The van der Waals surface area contributed by atoms with Gasteiger partial charge >= 0.3 is 5.97 Å². The first kappa shape index (κ1) is 17.6. The van der Waals surface area contributed by atoms with Gasteiger partial charge in [-0.3, -0.25) is 9.59 Å². The minimum absolute atomic E-state index is 0.0476. The average Bonchev–Trinajstić information content (AvgIpc) is 2.45. The number of aliphatic carboxylic acids is 1. The molecule has 1 rings (SSSR count). The number of hydrogen-bond donors (Lipinski definition) is 1. The van der Waals surface area contributed by atoms with E-state index in [4.69, 9.17) is 5.11 Å². The van der Waals surface area contributed by atoms with Gasteiger partial charge in [0.25, 0.3) is 0 Å². The number of amides is 1. The Hall–Kier alpha value is -1.49. The third kappa shape index (κ3) is 6.21. The van der Waals surface area contributed by atoms with E-state index >= 15 is 0 Å². The lowest BCUT2D eigenvalue weighted by Gasteiger charge is -2.26. The first-order valence-corrected chi connectivity index (χ1v) is 8.24. The second-order valence-electron chi connectivity index (χ2n) is 5.15. The molecule has 116 valence electrons. The van der Waals surface area contributed by atoms with Crippen molar-refractivity contribution in [2.24, 2.45) is 0 Å². The van der Waals surface area contributed by atoms with Gasteiger partial charge in [0.1, 0.15) is 6.54 Å². The molecule has 1 aromatic rings. The Balaban J connectivity index is 2.49. The molecule has 1 atom stereocenters. The smallest absolute Gasteiger partial charge is 0.323 e. The molecular formula is C16H23NO3S. The molecule has 0 spiro atoms. The van der Waals surface area contributed by atoms with Crippen LogP contribution in [0.5, 0.6) is 0 Å². The van der Waals surface area contributed by atoms with Crippen molar-refractivity contribution in [2.45, 2.75) is 39.0 Å². The fourth-order valence-corrected chi connectivity index (χ4v) is 2.75. The highest BCUT2D eigenvalue weighted by Crippen LogP contribution is 2.15. The average molecular weight is 309 g/mol.